The van der Waals surface area contributed by atoms with Gasteiger partial charge in [-0.1, -0.05) is 13.3 Å². The average molecular weight is 273 g/mol. The third kappa shape index (κ3) is 2.56. The summed E-state index contributed by atoms with van der Waals surface area (Å²) in [5, 5.41) is 0. The molecule has 0 aliphatic carbocycles. The number of piperidine rings is 1. The number of nitrogen functional groups attached to an aromatic ring is 1. The molecule has 0 aromatic carbocycles. The second-order valence-electron chi connectivity index (χ2n) is 5.10. The first-order valence-corrected chi connectivity index (χ1v) is 7.01. The summed E-state index contributed by atoms with van der Waals surface area (Å²) in [6.07, 6.45) is 8.74. The van der Waals surface area contributed by atoms with Crippen LogP contribution in [0.15, 0.2) is 18.7 Å². The highest BCUT2D eigenvalue weighted by atomic mass is 15.3. The van der Waals surface area contributed by atoms with Gasteiger partial charge >= 0.3 is 0 Å². The van der Waals surface area contributed by atoms with E-state index in [1.54, 1.807) is 23.3 Å². The lowest BCUT2D eigenvalue weighted by molar-refractivity contribution is 0.392. The van der Waals surface area contributed by atoms with Crippen molar-refractivity contribution in [1.82, 2.24) is 24.5 Å². The van der Waals surface area contributed by atoms with Crippen molar-refractivity contribution in [2.75, 3.05) is 23.7 Å². The number of hydrogen-bond donors (Lipinski definition) is 1. The minimum atomic E-state index is 0.247. The molecule has 2 N–H and O–H groups in total. The van der Waals surface area contributed by atoms with Gasteiger partial charge in [0.25, 0.3) is 0 Å². The molecule has 1 aliphatic heterocycles. The number of anilines is 2. The molecular weight excluding hydrogens is 254 g/mol. The van der Waals surface area contributed by atoms with Crippen molar-refractivity contribution < 1.29 is 0 Å². The van der Waals surface area contributed by atoms with Gasteiger partial charge in [-0.05, 0) is 18.8 Å². The van der Waals surface area contributed by atoms with Crippen LogP contribution in [0.5, 0.6) is 0 Å². The topological polar surface area (TPSA) is 85.8 Å². The van der Waals surface area contributed by atoms with E-state index in [0.717, 1.165) is 19.0 Å². The van der Waals surface area contributed by atoms with Crippen molar-refractivity contribution in [1.29, 1.82) is 0 Å². The van der Waals surface area contributed by atoms with Crippen LogP contribution in [-0.2, 0) is 0 Å². The molecule has 3 rings (SSSR count). The summed E-state index contributed by atoms with van der Waals surface area (Å²) in [6, 6.07) is 0. The Labute approximate surface area is 117 Å². The first kappa shape index (κ1) is 12.8. The van der Waals surface area contributed by atoms with E-state index in [2.05, 4.69) is 31.8 Å². The molecule has 0 bridgehead atoms. The van der Waals surface area contributed by atoms with Crippen LogP contribution in [0.25, 0.3) is 5.95 Å². The Morgan fingerprint density at radius 1 is 1.20 bits per heavy atom. The molecule has 2 aromatic rings. The van der Waals surface area contributed by atoms with Crippen molar-refractivity contribution in [3.05, 3.63) is 18.7 Å². The Bertz CT molecular complexity index is 558. The fourth-order valence-electron chi connectivity index (χ4n) is 2.54. The average Bonchev–Trinajstić information content (AvgIpc) is 3.01. The lowest BCUT2D eigenvalue weighted by Crippen LogP contribution is -2.35. The fourth-order valence-corrected chi connectivity index (χ4v) is 2.54. The Morgan fingerprint density at radius 3 is 2.60 bits per heavy atom. The highest BCUT2D eigenvalue weighted by Crippen LogP contribution is 2.23. The third-order valence-corrected chi connectivity index (χ3v) is 3.84. The summed E-state index contributed by atoms with van der Waals surface area (Å²) in [5.41, 5.74) is 5.80. The molecule has 0 saturated carbocycles. The lowest BCUT2D eigenvalue weighted by atomic mass is 9.95. The summed E-state index contributed by atoms with van der Waals surface area (Å²) in [5.74, 6) is 2.24. The number of nitrogens with zero attached hydrogens (tertiary/aromatic N) is 6. The Morgan fingerprint density at radius 2 is 1.95 bits per heavy atom. The van der Waals surface area contributed by atoms with E-state index in [-0.39, 0.29) is 5.95 Å². The van der Waals surface area contributed by atoms with Gasteiger partial charge in [0.05, 0.1) is 0 Å². The molecule has 7 nitrogen and oxygen atoms in total. The maximum atomic E-state index is 5.80. The SMILES string of the molecule is CCC1CCN(c2nc(N)nc(-n3ccnc3)n2)CC1. The number of imidazole rings is 1. The summed E-state index contributed by atoms with van der Waals surface area (Å²) in [6.45, 7) is 4.20. The molecule has 106 valence electrons. The van der Waals surface area contributed by atoms with Crippen molar-refractivity contribution in [3.8, 4) is 5.95 Å². The maximum absolute atomic E-state index is 5.80. The molecule has 7 heteroatoms. The molecule has 0 atom stereocenters. The Hall–Kier alpha value is -2.18. The Kier molecular flexibility index (Phi) is 3.49. The highest BCUT2D eigenvalue weighted by Gasteiger charge is 2.20. The quantitative estimate of drug-likeness (QED) is 0.906. The predicted octanol–water partition coefficient (Wildman–Crippen LogP) is 1.27. The van der Waals surface area contributed by atoms with Gasteiger partial charge in [0, 0.05) is 25.5 Å². The molecule has 1 fully saturated rings. The van der Waals surface area contributed by atoms with Crippen LogP contribution in [0.1, 0.15) is 26.2 Å². The molecule has 1 saturated heterocycles. The zero-order chi connectivity index (χ0) is 13.9. The van der Waals surface area contributed by atoms with Crippen LogP contribution in [0.4, 0.5) is 11.9 Å². The van der Waals surface area contributed by atoms with Crippen molar-refractivity contribution in [3.63, 3.8) is 0 Å². The summed E-state index contributed by atoms with van der Waals surface area (Å²) in [4.78, 5) is 19.1. The van der Waals surface area contributed by atoms with Gasteiger partial charge in [-0.2, -0.15) is 15.0 Å². The van der Waals surface area contributed by atoms with Gasteiger partial charge in [-0.3, -0.25) is 4.57 Å². The van der Waals surface area contributed by atoms with E-state index < -0.39 is 0 Å². The molecule has 20 heavy (non-hydrogen) atoms. The normalized spacial score (nSPS) is 16.6. The van der Waals surface area contributed by atoms with Crippen LogP contribution in [-0.4, -0.2) is 37.6 Å². The molecule has 0 amide bonds. The molecule has 0 radical (unpaired) electrons. The minimum Gasteiger partial charge on any atom is -0.368 e. The van der Waals surface area contributed by atoms with Crippen LogP contribution in [0.2, 0.25) is 0 Å². The summed E-state index contributed by atoms with van der Waals surface area (Å²) in [7, 11) is 0. The van der Waals surface area contributed by atoms with Gasteiger partial charge in [-0.25, -0.2) is 4.98 Å². The molecular formula is C13H19N7. The fraction of sp³-hybridized carbons (Fsp3) is 0.538. The first-order valence-electron chi connectivity index (χ1n) is 7.01. The van der Waals surface area contributed by atoms with Gasteiger partial charge in [-0.15, -0.1) is 0 Å². The van der Waals surface area contributed by atoms with Crippen LogP contribution < -0.4 is 10.6 Å². The van der Waals surface area contributed by atoms with Crippen molar-refractivity contribution in [2.45, 2.75) is 26.2 Å². The van der Waals surface area contributed by atoms with Crippen molar-refractivity contribution in [2.24, 2.45) is 5.92 Å². The molecule has 0 unspecified atom stereocenters. The van der Waals surface area contributed by atoms with E-state index in [4.69, 9.17) is 5.73 Å². The van der Waals surface area contributed by atoms with E-state index in [1.807, 2.05) is 0 Å². The largest absolute Gasteiger partial charge is 0.368 e. The first-order chi connectivity index (χ1) is 9.76. The van der Waals surface area contributed by atoms with Crippen LogP contribution in [0.3, 0.4) is 0 Å². The zero-order valence-electron chi connectivity index (χ0n) is 11.6. The van der Waals surface area contributed by atoms with Crippen LogP contribution in [0, 0.1) is 5.92 Å². The van der Waals surface area contributed by atoms with Gasteiger partial charge in [0.15, 0.2) is 0 Å². The molecule has 1 aliphatic rings. The molecule has 0 spiro atoms. The highest BCUT2D eigenvalue weighted by molar-refractivity contribution is 5.38. The second kappa shape index (κ2) is 5.44. The standard InChI is InChI=1S/C13H19N7/c1-2-10-3-6-19(7-4-10)12-16-11(14)17-13(18-12)20-8-5-15-9-20/h5,8-10H,2-4,6-7H2,1H3,(H2,14,16,17,18). The zero-order valence-corrected chi connectivity index (χ0v) is 11.6. The number of nitrogens with two attached hydrogens (primary N) is 1. The summed E-state index contributed by atoms with van der Waals surface area (Å²) < 4.78 is 1.74. The van der Waals surface area contributed by atoms with Gasteiger partial charge in [0.2, 0.25) is 17.8 Å². The second-order valence-corrected chi connectivity index (χ2v) is 5.10. The monoisotopic (exact) mass is 273 g/mol. The molecule has 2 aromatic heterocycles. The van der Waals surface area contributed by atoms with Crippen molar-refractivity contribution >= 4 is 11.9 Å². The van der Waals surface area contributed by atoms with Crippen LogP contribution >= 0.6 is 0 Å². The number of rotatable bonds is 3. The number of aromatic nitrogens is 5. The van der Waals surface area contributed by atoms with E-state index in [0.29, 0.717) is 11.9 Å². The Balaban J connectivity index is 1.83. The van der Waals surface area contributed by atoms with E-state index in [9.17, 15) is 0 Å². The van der Waals surface area contributed by atoms with E-state index >= 15 is 0 Å². The smallest absolute Gasteiger partial charge is 0.241 e. The van der Waals surface area contributed by atoms with Gasteiger partial charge < -0.3 is 10.6 Å². The lowest BCUT2D eigenvalue weighted by Gasteiger charge is -2.31. The number of hydrogen-bond acceptors (Lipinski definition) is 6. The van der Waals surface area contributed by atoms with E-state index in [1.165, 1.54) is 19.3 Å². The molecule has 3 heterocycles. The predicted molar refractivity (Wildman–Crippen MR) is 76.6 cm³/mol. The maximum Gasteiger partial charge on any atom is 0.241 e. The third-order valence-electron chi connectivity index (χ3n) is 3.84. The summed E-state index contributed by atoms with van der Waals surface area (Å²) >= 11 is 0. The minimum absolute atomic E-state index is 0.247. The van der Waals surface area contributed by atoms with Gasteiger partial charge in [0.1, 0.15) is 6.33 Å².